The van der Waals surface area contributed by atoms with Crippen molar-refractivity contribution in [3.05, 3.63) is 40.1 Å². The van der Waals surface area contributed by atoms with E-state index in [1.165, 1.54) is 12.4 Å². The molecule has 0 saturated heterocycles. The van der Waals surface area contributed by atoms with E-state index in [1.807, 2.05) is 6.92 Å². The molecular weight excluding hydrogens is 272 g/mol. The number of aromatic nitrogens is 3. The monoisotopic (exact) mass is 280 g/mol. The van der Waals surface area contributed by atoms with Crippen molar-refractivity contribution in [3.8, 4) is 17.0 Å². The Morgan fingerprint density at radius 2 is 2.21 bits per heavy atom. The zero-order chi connectivity index (χ0) is 13.8. The molecule has 0 bridgehead atoms. The fourth-order valence-corrected chi connectivity index (χ4v) is 1.73. The molecule has 2 aromatic rings. The van der Waals surface area contributed by atoms with Crippen molar-refractivity contribution >= 4 is 17.3 Å². The van der Waals surface area contributed by atoms with E-state index in [1.54, 1.807) is 6.07 Å². The average Bonchev–Trinajstić information content (AvgIpc) is 2.38. The molecule has 0 aliphatic carbocycles. The second-order valence-corrected chi connectivity index (χ2v) is 3.82. The molecule has 98 valence electrons. The lowest BCUT2D eigenvalue weighted by Gasteiger charge is -2.05. The molecule has 2 aromatic heterocycles. The van der Waals surface area contributed by atoms with E-state index in [0.29, 0.717) is 17.9 Å². The zero-order valence-corrected chi connectivity index (χ0v) is 10.7. The van der Waals surface area contributed by atoms with Gasteiger partial charge in [0.1, 0.15) is 12.1 Å². The van der Waals surface area contributed by atoms with Crippen LogP contribution in [-0.4, -0.2) is 26.5 Å². The van der Waals surface area contributed by atoms with Crippen LogP contribution < -0.4 is 4.74 Å². The Morgan fingerprint density at radius 1 is 1.42 bits per heavy atom. The molecule has 2 heterocycles. The fraction of sp³-hybridized carbons (Fsp3) is 0.182. The number of halogens is 1. The molecule has 7 nitrogen and oxygen atoms in total. The van der Waals surface area contributed by atoms with Crippen molar-refractivity contribution in [2.75, 3.05) is 6.61 Å². The van der Waals surface area contributed by atoms with Gasteiger partial charge in [-0.25, -0.2) is 9.97 Å². The molecule has 19 heavy (non-hydrogen) atoms. The molecule has 0 radical (unpaired) electrons. The van der Waals surface area contributed by atoms with Gasteiger partial charge >= 0.3 is 5.69 Å². The quantitative estimate of drug-likeness (QED) is 0.485. The number of hydrogen-bond acceptors (Lipinski definition) is 6. The summed E-state index contributed by atoms with van der Waals surface area (Å²) in [7, 11) is 0. The highest BCUT2D eigenvalue weighted by atomic mass is 35.5. The first-order valence-corrected chi connectivity index (χ1v) is 5.74. The first-order valence-electron chi connectivity index (χ1n) is 5.36. The Labute approximate surface area is 113 Å². The highest BCUT2D eigenvalue weighted by Gasteiger charge is 2.23. The second kappa shape index (κ2) is 5.57. The van der Waals surface area contributed by atoms with E-state index in [-0.39, 0.29) is 16.5 Å². The first kappa shape index (κ1) is 13.2. The van der Waals surface area contributed by atoms with Crippen LogP contribution in [0.3, 0.4) is 0 Å². The van der Waals surface area contributed by atoms with Crippen LogP contribution in [0.25, 0.3) is 11.3 Å². The van der Waals surface area contributed by atoms with E-state index >= 15 is 0 Å². The van der Waals surface area contributed by atoms with Gasteiger partial charge in [-0.2, -0.15) is 0 Å². The minimum atomic E-state index is -0.620. The Balaban J connectivity index is 2.55. The maximum atomic E-state index is 11.0. The summed E-state index contributed by atoms with van der Waals surface area (Å²) in [6.07, 6.45) is 4.13. The van der Waals surface area contributed by atoms with Crippen molar-refractivity contribution in [3.63, 3.8) is 0 Å². The van der Waals surface area contributed by atoms with Gasteiger partial charge in [-0.3, -0.25) is 15.1 Å². The van der Waals surface area contributed by atoms with Crippen LogP contribution in [-0.2, 0) is 0 Å². The second-order valence-electron chi connectivity index (χ2n) is 3.46. The Bertz CT molecular complexity index is 621. The highest BCUT2D eigenvalue weighted by molar-refractivity contribution is 6.31. The predicted octanol–water partition coefficient (Wildman–Crippen LogP) is 2.50. The summed E-state index contributed by atoms with van der Waals surface area (Å²) in [5.41, 5.74) is 0.209. The number of rotatable bonds is 4. The van der Waals surface area contributed by atoms with E-state index in [0.717, 1.165) is 6.33 Å². The van der Waals surface area contributed by atoms with Crippen LogP contribution in [0.2, 0.25) is 5.15 Å². The zero-order valence-electron chi connectivity index (χ0n) is 9.91. The standard InChI is InChI=1S/C11H9ClN4O3/c1-2-19-8-3-7(4-13-5-8)9-10(16(17)18)11(12)15-6-14-9/h3-6H,2H2,1H3. The lowest BCUT2D eigenvalue weighted by Crippen LogP contribution is -1.99. The van der Waals surface area contributed by atoms with E-state index < -0.39 is 4.92 Å². The largest absolute Gasteiger partial charge is 0.492 e. The smallest absolute Gasteiger partial charge is 0.332 e. The van der Waals surface area contributed by atoms with E-state index in [9.17, 15) is 10.1 Å². The summed E-state index contributed by atoms with van der Waals surface area (Å²) in [4.78, 5) is 21.9. The van der Waals surface area contributed by atoms with Crippen LogP contribution >= 0.6 is 11.6 Å². The molecule has 0 unspecified atom stereocenters. The number of nitro groups is 1. The maximum absolute atomic E-state index is 11.0. The Morgan fingerprint density at radius 3 is 2.89 bits per heavy atom. The number of ether oxygens (including phenoxy) is 1. The van der Waals surface area contributed by atoms with E-state index in [2.05, 4.69) is 15.0 Å². The molecule has 0 aliphatic rings. The summed E-state index contributed by atoms with van der Waals surface area (Å²) >= 11 is 5.73. The summed E-state index contributed by atoms with van der Waals surface area (Å²) in [6, 6.07) is 1.61. The Hall–Kier alpha value is -2.28. The minimum absolute atomic E-state index is 0.110. The van der Waals surface area contributed by atoms with Crippen molar-refractivity contribution in [2.45, 2.75) is 6.92 Å². The molecule has 0 aliphatic heterocycles. The van der Waals surface area contributed by atoms with Crippen LogP contribution in [0.15, 0.2) is 24.8 Å². The van der Waals surface area contributed by atoms with Crippen LogP contribution in [0.1, 0.15) is 6.92 Å². The summed E-state index contributed by atoms with van der Waals surface area (Å²) in [6.45, 7) is 2.30. The van der Waals surface area contributed by atoms with E-state index in [4.69, 9.17) is 16.3 Å². The fourth-order valence-electron chi connectivity index (χ4n) is 1.52. The van der Waals surface area contributed by atoms with Gasteiger partial charge in [0.15, 0.2) is 5.69 Å². The van der Waals surface area contributed by atoms with Crippen LogP contribution in [0.5, 0.6) is 5.75 Å². The van der Waals surface area contributed by atoms with Gasteiger partial charge in [0, 0.05) is 11.8 Å². The molecule has 0 fully saturated rings. The molecule has 0 aromatic carbocycles. The van der Waals surface area contributed by atoms with Gasteiger partial charge in [-0.05, 0) is 13.0 Å². The van der Waals surface area contributed by atoms with Gasteiger partial charge < -0.3 is 4.74 Å². The van der Waals surface area contributed by atoms with Crippen LogP contribution in [0, 0.1) is 10.1 Å². The molecule has 0 amide bonds. The molecule has 0 saturated carbocycles. The topological polar surface area (TPSA) is 91.0 Å². The SMILES string of the molecule is CCOc1cncc(-c2ncnc(Cl)c2[N+](=O)[O-])c1. The van der Waals surface area contributed by atoms with Crippen molar-refractivity contribution in [1.29, 1.82) is 0 Å². The van der Waals surface area contributed by atoms with Gasteiger partial charge in [0.2, 0.25) is 5.15 Å². The van der Waals surface area contributed by atoms with Gasteiger partial charge in [0.05, 0.1) is 17.7 Å². The summed E-state index contributed by atoms with van der Waals surface area (Å²) in [5.74, 6) is 0.504. The van der Waals surface area contributed by atoms with Gasteiger partial charge in [-0.15, -0.1) is 0 Å². The third kappa shape index (κ3) is 2.76. The number of hydrogen-bond donors (Lipinski definition) is 0. The average molecular weight is 281 g/mol. The third-order valence-corrected chi connectivity index (χ3v) is 2.53. The first-order chi connectivity index (χ1) is 9.13. The summed E-state index contributed by atoms with van der Waals surface area (Å²) < 4.78 is 5.29. The molecule has 0 N–H and O–H groups in total. The molecule has 8 heteroatoms. The lowest BCUT2D eigenvalue weighted by molar-refractivity contribution is -0.384. The van der Waals surface area contributed by atoms with Crippen LogP contribution in [0.4, 0.5) is 5.69 Å². The molecule has 0 atom stereocenters. The molecular formula is C11H9ClN4O3. The van der Waals surface area contributed by atoms with Crippen molar-refractivity contribution < 1.29 is 9.66 Å². The van der Waals surface area contributed by atoms with Gasteiger partial charge in [0.25, 0.3) is 0 Å². The van der Waals surface area contributed by atoms with Gasteiger partial charge in [-0.1, -0.05) is 11.6 Å². The minimum Gasteiger partial charge on any atom is -0.492 e. The number of pyridine rings is 1. The normalized spacial score (nSPS) is 10.2. The number of nitrogens with zero attached hydrogens (tertiary/aromatic N) is 4. The van der Waals surface area contributed by atoms with Crippen molar-refractivity contribution in [1.82, 2.24) is 15.0 Å². The predicted molar refractivity (Wildman–Crippen MR) is 68.1 cm³/mol. The highest BCUT2D eigenvalue weighted by Crippen LogP contribution is 2.33. The molecule has 2 rings (SSSR count). The van der Waals surface area contributed by atoms with Crippen molar-refractivity contribution in [2.24, 2.45) is 0 Å². The summed E-state index contributed by atoms with van der Waals surface area (Å²) in [5, 5.41) is 10.8. The molecule has 0 spiro atoms. The lowest BCUT2D eigenvalue weighted by atomic mass is 10.2. The Kier molecular flexibility index (Phi) is 3.86. The third-order valence-electron chi connectivity index (χ3n) is 2.26. The maximum Gasteiger partial charge on any atom is 0.332 e.